The third kappa shape index (κ3) is 3.62. The first-order valence-electron chi connectivity index (χ1n) is 9.43. The molecule has 2 amide bonds. The van der Waals surface area contributed by atoms with Gasteiger partial charge >= 0.3 is 0 Å². The summed E-state index contributed by atoms with van der Waals surface area (Å²) in [5.74, 6) is 1.16. The summed E-state index contributed by atoms with van der Waals surface area (Å²) in [6, 6.07) is 1.84. The van der Waals surface area contributed by atoms with E-state index in [4.69, 9.17) is 4.42 Å². The maximum Gasteiger partial charge on any atom is 0.255 e. The largest absolute Gasteiger partial charge is 0.469 e. The zero-order chi connectivity index (χ0) is 17.4. The Morgan fingerprint density at radius 2 is 1.96 bits per heavy atom. The zero-order valence-electron chi connectivity index (χ0n) is 15.3. The maximum absolute atomic E-state index is 12.8. The molecule has 0 aromatic carbocycles. The molecule has 1 aromatic heterocycles. The summed E-state index contributed by atoms with van der Waals surface area (Å²) in [6.07, 6.45) is 6.55. The highest BCUT2D eigenvalue weighted by Crippen LogP contribution is 2.59. The molecule has 7 heteroatoms. The topological polar surface area (TPSA) is 74.6 Å². The minimum absolute atomic E-state index is 0. The van der Waals surface area contributed by atoms with Crippen molar-refractivity contribution >= 4 is 24.2 Å². The Balaban J connectivity index is 0.00000196. The molecule has 4 rings (SSSR count). The lowest BCUT2D eigenvalue weighted by Crippen LogP contribution is -2.47. The van der Waals surface area contributed by atoms with Gasteiger partial charge in [0.1, 0.15) is 5.76 Å². The van der Waals surface area contributed by atoms with Crippen molar-refractivity contribution in [1.82, 2.24) is 15.5 Å². The van der Waals surface area contributed by atoms with E-state index < -0.39 is 0 Å². The highest BCUT2D eigenvalue weighted by atomic mass is 35.5. The van der Waals surface area contributed by atoms with Crippen LogP contribution < -0.4 is 10.6 Å². The fourth-order valence-corrected chi connectivity index (χ4v) is 4.52. The Labute approximate surface area is 160 Å². The summed E-state index contributed by atoms with van der Waals surface area (Å²) in [7, 11) is 0. The Hall–Kier alpha value is -1.53. The standard InChI is InChI=1S/C19H27N3O3.ClH/c1-13-15(4-11-25-13)17(23)21-14-2-9-22(10-3-14)18(24)16-12-19(16)5-7-20-8-6-19;/h4,11,14,16,20H,2-3,5-10,12H2,1H3,(H,21,23);1H. The Morgan fingerprint density at radius 1 is 1.27 bits per heavy atom. The number of carbonyl (C=O) groups is 2. The molecule has 1 atom stereocenters. The molecule has 1 spiro atoms. The van der Waals surface area contributed by atoms with Gasteiger partial charge in [-0.3, -0.25) is 9.59 Å². The smallest absolute Gasteiger partial charge is 0.255 e. The molecule has 0 radical (unpaired) electrons. The molecule has 0 bridgehead atoms. The number of rotatable bonds is 3. The summed E-state index contributed by atoms with van der Waals surface area (Å²) in [5.41, 5.74) is 0.899. The number of amides is 2. The molecule has 144 valence electrons. The second kappa shape index (κ2) is 7.61. The second-order valence-electron chi connectivity index (χ2n) is 7.83. The van der Waals surface area contributed by atoms with E-state index in [0.717, 1.165) is 58.3 Å². The van der Waals surface area contributed by atoms with Crippen molar-refractivity contribution in [2.24, 2.45) is 11.3 Å². The van der Waals surface area contributed by atoms with Crippen molar-refractivity contribution in [1.29, 1.82) is 0 Å². The van der Waals surface area contributed by atoms with E-state index in [2.05, 4.69) is 10.6 Å². The molecular formula is C19H28ClN3O3. The number of carbonyl (C=O) groups excluding carboxylic acids is 2. The molecule has 3 fully saturated rings. The highest BCUT2D eigenvalue weighted by Gasteiger charge is 2.58. The van der Waals surface area contributed by atoms with Crippen molar-refractivity contribution in [3.63, 3.8) is 0 Å². The molecule has 1 aliphatic carbocycles. The molecule has 2 N–H and O–H groups in total. The van der Waals surface area contributed by atoms with Gasteiger partial charge in [-0.1, -0.05) is 0 Å². The summed E-state index contributed by atoms with van der Waals surface area (Å²) < 4.78 is 5.19. The fourth-order valence-electron chi connectivity index (χ4n) is 4.52. The quantitative estimate of drug-likeness (QED) is 0.841. The molecule has 3 aliphatic rings. The van der Waals surface area contributed by atoms with Gasteiger partial charge < -0.3 is 20.0 Å². The van der Waals surface area contributed by atoms with E-state index in [1.165, 1.54) is 6.26 Å². The molecule has 3 heterocycles. The number of aryl methyl sites for hydroxylation is 1. The molecule has 2 saturated heterocycles. The van der Waals surface area contributed by atoms with Crippen LogP contribution in [0.5, 0.6) is 0 Å². The Bertz CT molecular complexity index is 661. The monoisotopic (exact) mass is 381 g/mol. The predicted octanol–water partition coefficient (Wildman–Crippen LogP) is 2.12. The number of likely N-dealkylation sites (tertiary alicyclic amines) is 1. The van der Waals surface area contributed by atoms with Crippen LogP contribution in [0, 0.1) is 18.3 Å². The first-order valence-corrected chi connectivity index (χ1v) is 9.43. The van der Waals surface area contributed by atoms with E-state index in [1.54, 1.807) is 13.0 Å². The lowest BCUT2D eigenvalue weighted by Gasteiger charge is -2.33. The van der Waals surface area contributed by atoms with Gasteiger partial charge in [-0.25, -0.2) is 0 Å². The third-order valence-corrected chi connectivity index (χ3v) is 6.33. The van der Waals surface area contributed by atoms with Crippen molar-refractivity contribution in [2.45, 2.75) is 45.1 Å². The van der Waals surface area contributed by atoms with E-state index in [-0.39, 0.29) is 30.3 Å². The van der Waals surface area contributed by atoms with Crippen LogP contribution in [-0.4, -0.2) is 48.9 Å². The van der Waals surface area contributed by atoms with Crippen LogP contribution in [0.2, 0.25) is 0 Å². The fraction of sp³-hybridized carbons (Fsp3) is 0.684. The zero-order valence-corrected chi connectivity index (χ0v) is 16.1. The number of piperidine rings is 2. The van der Waals surface area contributed by atoms with Crippen LogP contribution in [0.25, 0.3) is 0 Å². The molecule has 6 nitrogen and oxygen atoms in total. The number of halogens is 1. The van der Waals surface area contributed by atoms with Gasteiger partial charge in [0.05, 0.1) is 11.8 Å². The lowest BCUT2D eigenvalue weighted by atomic mass is 9.91. The SMILES string of the molecule is Cc1occc1C(=O)NC1CCN(C(=O)C2CC23CCNCC3)CC1.Cl. The minimum atomic E-state index is -0.0770. The van der Waals surface area contributed by atoms with E-state index in [9.17, 15) is 9.59 Å². The number of hydrogen-bond donors (Lipinski definition) is 2. The molecule has 1 saturated carbocycles. The number of furan rings is 1. The van der Waals surface area contributed by atoms with Crippen LogP contribution in [0.3, 0.4) is 0 Å². The van der Waals surface area contributed by atoms with Gasteiger partial charge in [0.15, 0.2) is 0 Å². The van der Waals surface area contributed by atoms with Crippen molar-refractivity contribution < 1.29 is 14.0 Å². The van der Waals surface area contributed by atoms with Gasteiger partial charge in [0.25, 0.3) is 5.91 Å². The van der Waals surface area contributed by atoms with Crippen molar-refractivity contribution in [3.05, 3.63) is 23.7 Å². The van der Waals surface area contributed by atoms with Crippen LogP contribution >= 0.6 is 12.4 Å². The van der Waals surface area contributed by atoms with E-state index in [0.29, 0.717) is 22.6 Å². The summed E-state index contributed by atoms with van der Waals surface area (Å²) in [4.78, 5) is 27.1. The summed E-state index contributed by atoms with van der Waals surface area (Å²) in [6.45, 7) is 5.39. The first-order chi connectivity index (χ1) is 12.1. The second-order valence-corrected chi connectivity index (χ2v) is 7.83. The molecule has 1 unspecified atom stereocenters. The van der Waals surface area contributed by atoms with Gasteiger partial charge in [-0.05, 0) is 63.6 Å². The highest BCUT2D eigenvalue weighted by molar-refractivity contribution is 5.95. The first kappa shape index (κ1) is 19.2. The summed E-state index contributed by atoms with van der Waals surface area (Å²) >= 11 is 0. The summed E-state index contributed by atoms with van der Waals surface area (Å²) in [5, 5.41) is 6.47. The van der Waals surface area contributed by atoms with Crippen molar-refractivity contribution in [3.8, 4) is 0 Å². The van der Waals surface area contributed by atoms with Crippen LogP contribution in [0.4, 0.5) is 0 Å². The predicted molar refractivity (Wildman–Crippen MR) is 100 cm³/mol. The number of hydrogen-bond acceptors (Lipinski definition) is 4. The Kier molecular flexibility index (Phi) is 5.63. The van der Waals surface area contributed by atoms with Crippen LogP contribution in [0.1, 0.15) is 48.2 Å². The average Bonchev–Trinajstić information content (AvgIpc) is 3.12. The number of nitrogens with one attached hydrogen (secondary N) is 2. The van der Waals surface area contributed by atoms with Gasteiger partial charge in [-0.2, -0.15) is 0 Å². The van der Waals surface area contributed by atoms with E-state index >= 15 is 0 Å². The molecule has 1 aromatic rings. The van der Waals surface area contributed by atoms with Gasteiger partial charge in [-0.15, -0.1) is 12.4 Å². The average molecular weight is 382 g/mol. The normalized spacial score (nSPS) is 24.8. The maximum atomic E-state index is 12.8. The van der Waals surface area contributed by atoms with Crippen LogP contribution in [0.15, 0.2) is 16.7 Å². The molecule has 2 aliphatic heterocycles. The van der Waals surface area contributed by atoms with Crippen LogP contribution in [-0.2, 0) is 4.79 Å². The third-order valence-electron chi connectivity index (χ3n) is 6.33. The molecular weight excluding hydrogens is 354 g/mol. The number of nitrogens with zero attached hydrogens (tertiary/aromatic N) is 1. The van der Waals surface area contributed by atoms with Crippen molar-refractivity contribution in [2.75, 3.05) is 26.2 Å². The molecule has 26 heavy (non-hydrogen) atoms. The Morgan fingerprint density at radius 3 is 2.58 bits per heavy atom. The van der Waals surface area contributed by atoms with E-state index in [1.807, 2.05) is 4.90 Å². The lowest BCUT2D eigenvalue weighted by molar-refractivity contribution is -0.134. The van der Waals surface area contributed by atoms with Gasteiger partial charge in [0, 0.05) is 25.0 Å². The van der Waals surface area contributed by atoms with Gasteiger partial charge in [0.2, 0.25) is 5.91 Å². The minimum Gasteiger partial charge on any atom is -0.469 e.